The molecule has 1 atom stereocenters. The summed E-state index contributed by atoms with van der Waals surface area (Å²) in [5.74, 6) is -0.109. The Bertz CT molecular complexity index is 1040. The number of ether oxygens (including phenoxy) is 1. The van der Waals surface area contributed by atoms with Gasteiger partial charge in [-0.1, -0.05) is 30.3 Å². The highest BCUT2D eigenvalue weighted by atomic mass is 16.6. The Labute approximate surface area is 168 Å². The first-order valence-electron chi connectivity index (χ1n) is 9.68. The summed E-state index contributed by atoms with van der Waals surface area (Å²) in [7, 11) is 1.99. The molecule has 1 aliphatic heterocycles. The molecule has 7 heteroatoms. The summed E-state index contributed by atoms with van der Waals surface area (Å²) < 4.78 is 7.42. The first-order chi connectivity index (χ1) is 14.0. The Balaban J connectivity index is 1.73. The zero-order valence-corrected chi connectivity index (χ0v) is 16.3. The van der Waals surface area contributed by atoms with Crippen LogP contribution in [0, 0.1) is 10.1 Å². The van der Waals surface area contributed by atoms with Gasteiger partial charge in [-0.2, -0.15) is 0 Å². The number of amides is 1. The smallest absolute Gasteiger partial charge is 0.269 e. The van der Waals surface area contributed by atoms with Crippen molar-refractivity contribution in [2.75, 3.05) is 26.3 Å². The zero-order chi connectivity index (χ0) is 20.4. The highest BCUT2D eigenvalue weighted by molar-refractivity contribution is 5.86. The number of hydrogen-bond acceptors (Lipinski definition) is 4. The summed E-state index contributed by atoms with van der Waals surface area (Å²) in [4.78, 5) is 25.5. The fraction of sp³-hybridized carbons (Fsp3) is 0.318. The Hall–Kier alpha value is -3.19. The van der Waals surface area contributed by atoms with Gasteiger partial charge in [-0.3, -0.25) is 14.9 Å². The minimum absolute atomic E-state index is 0.0462. The fourth-order valence-corrected chi connectivity index (χ4v) is 4.00. The molecule has 0 saturated carbocycles. The number of nitrogens with zero attached hydrogens (tertiary/aromatic N) is 3. The maximum absolute atomic E-state index is 13.0. The molecule has 1 aliphatic rings. The monoisotopic (exact) mass is 393 g/mol. The third kappa shape index (κ3) is 3.86. The van der Waals surface area contributed by atoms with Gasteiger partial charge >= 0.3 is 0 Å². The van der Waals surface area contributed by atoms with Crippen LogP contribution in [-0.2, 0) is 16.6 Å². The summed E-state index contributed by atoms with van der Waals surface area (Å²) in [5, 5.41) is 12.1. The molecule has 1 fully saturated rings. The van der Waals surface area contributed by atoms with E-state index in [1.54, 1.807) is 12.1 Å². The van der Waals surface area contributed by atoms with Crippen molar-refractivity contribution in [2.24, 2.45) is 7.05 Å². The van der Waals surface area contributed by atoms with Gasteiger partial charge in [0.2, 0.25) is 5.91 Å². The predicted octanol–water partition coefficient (Wildman–Crippen LogP) is 3.47. The first kappa shape index (κ1) is 19.1. The van der Waals surface area contributed by atoms with E-state index in [1.807, 2.05) is 24.1 Å². The number of carbonyl (C=O) groups is 1. The number of aromatic nitrogens is 1. The van der Waals surface area contributed by atoms with Crippen LogP contribution in [-0.4, -0.2) is 46.6 Å². The van der Waals surface area contributed by atoms with Crippen molar-refractivity contribution in [3.05, 3.63) is 76.0 Å². The zero-order valence-electron chi connectivity index (χ0n) is 16.3. The van der Waals surface area contributed by atoms with Crippen LogP contribution in [0.15, 0.2) is 54.7 Å². The van der Waals surface area contributed by atoms with E-state index in [1.165, 1.54) is 12.1 Å². The highest BCUT2D eigenvalue weighted by Crippen LogP contribution is 2.35. The Morgan fingerprint density at radius 1 is 1.14 bits per heavy atom. The van der Waals surface area contributed by atoms with Crippen LogP contribution in [0.1, 0.15) is 23.5 Å². The summed E-state index contributed by atoms with van der Waals surface area (Å²) >= 11 is 0. The van der Waals surface area contributed by atoms with E-state index in [0.29, 0.717) is 32.7 Å². The minimum Gasteiger partial charge on any atom is -0.378 e. The van der Waals surface area contributed by atoms with Gasteiger partial charge in [0.25, 0.3) is 5.69 Å². The van der Waals surface area contributed by atoms with E-state index >= 15 is 0 Å². The number of nitro benzene ring substituents is 1. The highest BCUT2D eigenvalue weighted by Gasteiger charge is 2.26. The number of non-ortho nitro benzene ring substituents is 1. The summed E-state index contributed by atoms with van der Waals surface area (Å²) in [6, 6.07) is 14.6. The number of morpholine rings is 1. The van der Waals surface area contributed by atoms with Gasteiger partial charge in [-0.25, -0.2) is 0 Å². The van der Waals surface area contributed by atoms with E-state index in [4.69, 9.17) is 4.74 Å². The van der Waals surface area contributed by atoms with E-state index in [0.717, 1.165) is 22.0 Å². The van der Waals surface area contributed by atoms with E-state index < -0.39 is 4.92 Å². The van der Waals surface area contributed by atoms with Crippen molar-refractivity contribution in [2.45, 2.75) is 12.3 Å². The normalized spacial score (nSPS) is 15.4. The Morgan fingerprint density at radius 3 is 2.52 bits per heavy atom. The van der Waals surface area contributed by atoms with Crippen LogP contribution in [0.2, 0.25) is 0 Å². The van der Waals surface area contributed by atoms with Gasteiger partial charge in [-0.05, 0) is 17.2 Å². The molecule has 4 rings (SSSR count). The van der Waals surface area contributed by atoms with Gasteiger partial charge in [-0.15, -0.1) is 0 Å². The molecule has 3 aromatic rings. The molecule has 1 saturated heterocycles. The maximum atomic E-state index is 13.0. The Kier molecular flexibility index (Phi) is 5.31. The van der Waals surface area contributed by atoms with Crippen LogP contribution in [0.5, 0.6) is 0 Å². The van der Waals surface area contributed by atoms with Crippen LogP contribution >= 0.6 is 0 Å². The average Bonchev–Trinajstić information content (AvgIpc) is 3.09. The van der Waals surface area contributed by atoms with Crippen molar-refractivity contribution in [1.82, 2.24) is 9.47 Å². The largest absolute Gasteiger partial charge is 0.378 e. The molecular formula is C22H23N3O4. The molecule has 0 N–H and O–H groups in total. The lowest BCUT2D eigenvalue weighted by atomic mass is 9.87. The second-order valence-electron chi connectivity index (χ2n) is 7.31. The van der Waals surface area contributed by atoms with E-state index in [9.17, 15) is 14.9 Å². The van der Waals surface area contributed by atoms with Crippen LogP contribution < -0.4 is 0 Å². The molecule has 0 spiro atoms. The van der Waals surface area contributed by atoms with Gasteiger partial charge in [0.05, 0.1) is 18.1 Å². The number of rotatable bonds is 5. The van der Waals surface area contributed by atoms with Crippen LogP contribution in [0.3, 0.4) is 0 Å². The molecule has 7 nitrogen and oxygen atoms in total. The summed E-state index contributed by atoms with van der Waals surface area (Å²) in [5.41, 5.74) is 3.09. The topological polar surface area (TPSA) is 77.6 Å². The average molecular weight is 393 g/mol. The van der Waals surface area contributed by atoms with E-state index in [-0.39, 0.29) is 17.5 Å². The first-order valence-corrected chi connectivity index (χ1v) is 9.68. The predicted molar refractivity (Wildman–Crippen MR) is 110 cm³/mol. The van der Waals surface area contributed by atoms with Crippen LogP contribution in [0.4, 0.5) is 5.69 Å². The third-order valence-corrected chi connectivity index (χ3v) is 5.55. The molecule has 2 heterocycles. The third-order valence-electron chi connectivity index (χ3n) is 5.55. The second-order valence-corrected chi connectivity index (χ2v) is 7.31. The number of para-hydroxylation sites is 1. The second kappa shape index (κ2) is 8.05. The standard InChI is InChI=1S/C22H23N3O4/c1-23-15-20(18-4-2-3-5-21(18)23)19(14-22(26)24-10-12-29-13-11-24)16-6-8-17(9-7-16)25(27)28/h2-9,15,19H,10-14H2,1H3/t19-/m1/s1. The van der Waals surface area contributed by atoms with Crippen molar-refractivity contribution < 1.29 is 14.5 Å². The van der Waals surface area contributed by atoms with Crippen LogP contribution in [0.25, 0.3) is 10.9 Å². The molecule has 150 valence electrons. The SMILES string of the molecule is Cn1cc([C@H](CC(=O)N2CCOCC2)c2ccc([N+](=O)[O-])cc2)c2ccccc21. The lowest BCUT2D eigenvalue weighted by Crippen LogP contribution is -2.41. The molecule has 1 aromatic heterocycles. The molecule has 0 aliphatic carbocycles. The fourth-order valence-electron chi connectivity index (χ4n) is 4.00. The Morgan fingerprint density at radius 2 is 1.83 bits per heavy atom. The van der Waals surface area contributed by atoms with Gasteiger partial charge in [0.15, 0.2) is 0 Å². The molecule has 29 heavy (non-hydrogen) atoms. The molecular weight excluding hydrogens is 370 g/mol. The van der Waals surface area contributed by atoms with E-state index in [2.05, 4.69) is 22.9 Å². The van der Waals surface area contributed by atoms with Crippen molar-refractivity contribution in [3.63, 3.8) is 0 Å². The summed E-state index contributed by atoms with van der Waals surface area (Å²) in [6.45, 7) is 2.31. The quantitative estimate of drug-likeness (QED) is 0.491. The molecule has 1 amide bonds. The number of nitro groups is 1. The molecule has 0 radical (unpaired) electrons. The molecule has 0 bridgehead atoms. The maximum Gasteiger partial charge on any atom is 0.269 e. The van der Waals surface area contributed by atoms with Gasteiger partial charge in [0, 0.05) is 61.7 Å². The number of hydrogen-bond donors (Lipinski definition) is 0. The molecule has 2 aromatic carbocycles. The number of aryl methyl sites for hydroxylation is 1. The number of fused-ring (bicyclic) bond motifs is 1. The number of benzene rings is 2. The van der Waals surface area contributed by atoms with Gasteiger partial charge in [0.1, 0.15) is 0 Å². The van der Waals surface area contributed by atoms with Gasteiger partial charge < -0.3 is 14.2 Å². The van der Waals surface area contributed by atoms with Crippen molar-refractivity contribution >= 4 is 22.5 Å². The minimum atomic E-state index is -0.407. The van der Waals surface area contributed by atoms with Crippen molar-refractivity contribution in [3.8, 4) is 0 Å². The lowest BCUT2D eigenvalue weighted by molar-refractivity contribution is -0.384. The number of carbonyl (C=O) groups excluding carboxylic acids is 1. The molecule has 0 unspecified atom stereocenters. The summed E-state index contributed by atoms with van der Waals surface area (Å²) in [6.07, 6.45) is 2.37. The van der Waals surface area contributed by atoms with Crippen molar-refractivity contribution in [1.29, 1.82) is 0 Å². The lowest BCUT2D eigenvalue weighted by Gasteiger charge is -2.28.